The number of nitrogens with zero attached hydrogens (tertiary/aromatic N) is 3. The van der Waals surface area contributed by atoms with Gasteiger partial charge in [-0.05, 0) is 43.4 Å². The van der Waals surface area contributed by atoms with Crippen molar-refractivity contribution in [2.45, 2.75) is 37.2 Å². The van der Waals surface area contributed by atoms with Crippen LogP contribution in [0.15, 0.2) is 24.3 Å². The molecule has 0 bridgehead atoms. The van der Waals surface area contributed by atoms with Crippen LogP contribution in [0.1, 0.15) is 42.2 Å². The standard InChI is InChI=1S/C16H18ClN3OS/c17-13-5-3-12(4-6-13)16(21)7-9-20(10-8-16)15-19-18-14(22-15)11-1-2-11/h3-6,11,21H,1-2,7-10H2. The molecule has 116 valence electrons. The van der Waals surface area contributed by atoms with Gasteiger partial charge in [0.25, 0.3) is 0 Å². The molecule has 22 heavy (non-hydrogen) atoms. The van der Waals surface area contributed by atoms with Gasteiger partial charge in [0.05, 0.1) is 5.60 Å². The summed E-state index contributed by atoms with van der Waals surface area (Å²) in [4.78, 5) is 2.24. The van der Waals surface area contributed by atoms with Gasteiger partial charge in [0.15, 0.2) is 0 Å². The highest BCUT2D eigenvalue weighted by atomic mass is 35.5. The Morgan fingerprint density at radius 2 is 1.82 bits per heavy atom. The van der Waals surface area contributed by atoms with E-state index in [1.807, 2.05) is 24.3 Å². The van der Waals surface area contributed by atoms with Crippen molar-refractivity contribution < 1.29 is 5.11 Å². The normalized spacial score (nSPS) is 21.1. The molecule has 1 aliphatic carbocycles. The molecule has 1 saturated carbocycles. The summed E-state index contributed by atoms with van der Waals surface area (Å²) in [6.07, 6.45) is 3.91. The number of rotatable bonds is 3. The lowest BCUT2D eigenvalue weighted by molar-refractivity contribution is 0.0117. The second-order valence-electron chi connectivity index (χ2n) is 6.22. The van der Waals surface area contributed by atoms with E-state index in [0.717, 1.165) is 23.8 Å². The largest absolute Gasteiger partial charge is 0.385 e. The van der Waals surface area contributed by atoms with Gasteiger partial charge in [-0.1, -0.05) is 35.1 Å². The first-order chi connectivity index (χ1) is 10.6. The summed E-state index contributed by atoms with van der Waals surface area (Å²) in [7, 11) is 0. The molecule has 4 rings (SSSR count). The van der Waals surface area contributed by atoms with E-state index in [0.29, 0.717) is 23.8 Å². The summed E-state index contributed by atoms with van der Waals surface area (Å²) in [5, 5.41) is 22.4. The van der Waals surface area contributed by atoms with Gasteiger partial charge < -0.3 is 10.0 Å². The SMILES string of the molecule is OC1(c2ccc(Cl)cc2)CCN(c2nnc(C3CC3)s2)CC1. The van der Waals surface area contributed by atoms with Crippen molar-refractivity contribution in [2.75, 3.05) is 18.0 Å². The average molecular weight is 336 g/mol. The molecule has 6 heteroatoms. The first kappa shape index (κ1) is 14.4. The van der Waals surface area contributed by atoms with E-state index in [1.54, 1.807) is 11.3 Å². The van der Waals surface area contributed by atoms with Gasteiger partial charge in [-0.15, -0.1) is 10.2 Å². The Morgan fingerprint density at radius 1 is 1.14 bits per heavy atom. The Kier molecular flexibility index (Phi) is 3.59. The van der Waals surface area contributed by atoms with Gasteiger partial charge in [-0.2, -0.15) is 0 Å². The fourth-order valence-electron chi connectivity index (χ4n) is 2.97. The van der Waals surface area contributed by atoms with Crippen molar-refractivity contribution in [1.29, 1.82) is 0 Å². The van der Waals surface area contributed by atoms with Crippen LogP contribution in [-0.2, 0) is 5.60 Å². The Balaban J connectivity index is 1.45. The van der Waals surface area contributed by atoms with E-state index in [-0.39, 0.29) is 0 Å². The maximum Gasteiger partial charge on any atom is 0.208 e. The van der Waals surface area contributed by atoms with Crippen LogP contribution >= 0.6 is 22.9 Å². The number of halogens is 1. The van der Waals surface area contributed by atoms with Gasteiger partial charge in [-0.25, -0.2) is 0 Å². The first-order valence-corrected chi connectivity index (χ1v) is 8.90. The highest BCUT2D eigenvalue weighted by Crippen LogP contribution is 2.43. The summed E-state index contributed by atoms with van der Waals surface area (Å²) >= 11 is 7.64. The molecular weight excluding hydrogens is 318 g/mol. The van der Waals surface area contributed by atoms with Crippen LogP contribution in [0.4, 0.5) is 5.13 Å². The lowest BCUT2D eigenvalue weighted by Gasteiger charge is -2.38. The zero-order valence-electron chi connectivity index (χ0n) is 12.2. The second kappa shape index (κ2) is 5.48. The van der Waals surface area contributed by atoms with E-state index in [9.17, 15) is 5.11 Å². The molecule has 1 aromatic carbocycles. The summed E-state index contributed by atoms with van der Waals surface area (Å²) < 4.78 is 0. The maximum absolute atomic E-state index is 10.9. The van der Waals surface area contributed by atoms with Gasteiger partial charge in [0.1, 0.15) is 5.01 Å². The molecule has 0 atom stereocenters. The molecule has 2 fully saturated rings. The minimum atomic E-state index is -0.759. The van der Waals surface area contributed by atoms with Crippen LogP contribution < -0.4 is 4.90 Å². The van der Waals surface area contributed by atoms with Crippen LogP contribution in [0.3, 0.4) is 0 Å². The Hall–Kier alpha value is -1.17. The minimum absolute atomic E-state index is 0.655. The Labute approximate surface area is 138 Å². The van der Waals surface area contributed by atoms with Crippen LogP contribution in [0.2, 0.25) is 5.02 Å². The zero-order chi connectivity index (χ0) is 15.2. The van der Waals surface area contributed by atoms with Gasteiger partial charge in [-0.3, -0.25) is 0 Å². The van der Waals surface area contributed by atoms with E-state index in [1.165, 1.54) is 17.8 Å². The third-order valence-electron chi connectivity index (χ3n) is 4.60. The molecule has 1 aromatic heterocycles. The van der Waals surface area contributed by atoms with Crippen molar-refractivity contribution in [3.8, 4) is 0 Å². The summed E-state index contributed by atoms with van der Waals surface area (Å²) in [5.74, 6) is 0.655. The highest BCUT2D eigenvalue weighted by molar-refractivity contribution is 7.15. The van der Waals surface area contributed by atoms with Crippen molar-refractivity contribution in [3.05, 3.63) is 39.9 Å². The predicted molar refractivity (Wildman–Crippen MR) is 88.7 cm³/mol. The predicted octanol–water partition coefficient (Wildman–Crippen LogP) is 3.56. The fourth-order valence-corrected chi connectivity index (χ4v) is 4.16. The van der Waals surface area contributed by atoms with Crippen LogP contribution in [0.25, 0.3) is 0 Å². The average Bonchev–Trinajstić information content (AvgIpc) is 3.26. The topological polar surface area (TPSA) is 49.2 Å². The lowest BCUT2D eigenvalue weighted by atomic mass is 9.84. The fraction of sp³-hybridized carbons (Fsp3) is 0.500. The molecule has 0 unspecified atom stereocenters. The molecule has 0 radical (unpaired) electrons. The molecule has 2 aromatic rings. The number of anilines is 1. The first-order valence-electron chi connectivity index (χ1n) is 7.71. The molecule has 0 spiro atoms. The number of aromatic nitrogens is 2. The van der Waals surface area contributed by atoms with Gasteiger partial charge in [0, 0.05) is 24.0 Å². The Morgan fingerprint density at radius 3 is 2.45 bits per heavy atom. The van der Waals surface area contributed by atoms with E-state index in [2.05, 4.69) is 15.1 Å². The van der Waals surface area contributed by atoms with Crippen LogP contribution in [0, 0.1) is 0 Å². The molecule has 0 amide bonds. The van der Waals surface area contributed by atoms with Crippen molar-refractivity contribution in [3.63, 3.8) is 0 Å². The van der Waals surface area contributed by atoms with Crippen LogP contribution in [-0.4, -0.2) is 28.4 Å². The third kappa shape index (κ3) is 2.73. The minimum Gasteiger partial charge on any atom is -0.385 e. The van der Waals surface area contributed by atoms with Crippen LogP contribution in [0.5, 0.6) is 0 Å². The molecule has 2 aliphatic rings. The van der Waals surface area contributed by atoms with Crippen molar-refractivity contribution in [1.82, 2.24) is 10.2 Å². The lowest BCUT2D eigenvalue weighted by Crippen LogP contribution is -2.42. The maximum atomic E-state index is 10.9. The number of benzene rings is 1. The number of hydrogen-bond donors (Lipinski definition) is 1. The molecule has 1 N–H and O–H groups in total. The molecule has 4 nitrogen and oxygen atoms in total. The van der Waals surface area contributed by atoms with Gasteiger partial charge in [0.2, 0.25) is 5.13 Å². The smallest absolute Gasteiger partial charge is 0.208 e. The van der Waals surface area contributed by atoms with Gasteiger partial charge >= 0.3 is 0 Å². The molecule has 1 aliphatic heterocycles. The van der Waals surface area contributed by atoms with Crippen molar-refractivity contribution in [2.24, 2.45) is 0 Å². The Bertz CT molecular complexity index is 660. The second-order valence-corrected chi connectivity index (χ2v) is 7.65. The molecular formula is C16H18ClN3OS. The third-order valence-corrected chi connectivity index (χ3v) is 6.00. The molecule has 1 saturated heterocycles. The van der Waals surface area contributed by atoms with E-state index >= 15 is 0 Å². The molecule has 2 heterocycles. The van der Waals surface area contributed by atoms with Crippen molar-refractivity contribution >= 4 is 28.1 Å². The monoisotopic (exact) mass is 335 g/mol. The van der Waals surface area contributed by atoms with E-state index in [4.69, 9.17) is 11.6 Å². The summed E-state index contributed by atoms with van der Waals surface area (Å²) in [6, 6.07) is 7.53. The number of hydrogen-bond acceptors (Lipinski definition) is 5. The quantitative estimate of drug-likeness (QED) is 0.931. The number of piperidine rings is 1. The zero-order valence-corrected chi connectivity index (χ0v) is 13.8. The highest BCUT2D eigenvalue weighted by Gasteiger charge is 2.35. The summed E-state index contributed by atoms with van der Waals surface area (Å²) in [6.45, 7) is 1.61. The summed E-state index contributed by atoms with van der Waals surface area (Å²) in [5.41, 5.74) is 0.193. The van der Waals surface area contributed by atoms with E-state index < -0.39 is 5.60 Å². The number of aliphatic hydroxyl groups is 1.